The third-order valence-electron chi connectivity index (χ3n) is 6.84. The van der Waals surface area contributed by atoms with Crippen LogP contribution in [0.25, 0.3) is 0 Å². The molecule has 3 aliphatic rings. The number of hydrogen-bond acceptors (Lipinski definition) is 4. The van der Waals surface area contributed by atoms with Crippen molar-refractivity contribution in [3.05, 3.63) is 29.8 Å². The molecule has 0 radical (unpaired) electrons. The summed E-state index contributed by atoms with van der Waals surface area (Å²) in [5.74, 6) is 2.01. The number of amides is 1. The lowest BCUT2D eigenvalue weighted by Gasteiger charge is -2.41. The van der Waals surface area contributed by atoms with Crippen LogP contribution in [-0.4, -0.2) is 53.3 Å². The minimum Gasteiger partial charge on any atom is -0.490 e. The Kier molecular flexibility index (Phi) is 6.23. The summed E-state index contributed by atoms with van der Waals surface area (Å²) in [7, 11) is 0. The molecule has 2 unspecified atom stereocenters. The van der Waals surface area contributed by atoms with Gasteiger partial charge in [0, 0.05) is 31.1 Å². The number of nitrogens with zero attached hydrogens (tertiary/aromatic N) is 3. The van der Waals surface area contributed by atoms with E-state index in [1.54, 1.807) is 0 Å². The van der Waals surface area contributed by atoms with Gasteiger partial charge in [0.1, 0.15) is 11.9 Å². The first-order chi connectivity index (χ1) is 14.0. The summed E-state index contributed by atoms with van der Waals surface area (Å²) in [5, 5.41) is 6.22. The van der Waals surface area contributed by atoms with E-state index in [0.29, 0.717) is 17.9 Å². The van der Waals surface area contributed by atoms with Crippen LogP contribution in [0.15, 0.2) is 29.4 Å². The highest BCUT2D eigenvalue weighted by Gasteiger charge is 2.38. The summed E-state index contributed by atoms with van der Waals surface area (Å²) in [6, 6.07) is 9.24. The summed E-state index contributed by atoms with van der Waals surface area (Å²) in [6.07, 6.45) is 8.69. The minimum absolute atomic E-state index is 0.0602. The monoisotopic (exact) mass is 397 g/mol. The largest absolute Gasteiger partial charge is 0.490 e. The molecular formula is C24H35N3O2. The first kappa shape index (κ1) is 20.4. The van der Waals surface area contributed by atoms with Gasteiger partial charge in [0.05, 0.1) is 5.71 Å². The van der Waals surface area contributed by atoms with Crippen molar-refractivity contribution in [3.63, 3.8) is 0 Å². The summed E-state index contributed by atoms with van der Waals surface area (Å²) in [6.45, 7) is 8.55. The number of benzene rings is 1. The maximum Gasteiger partial charge on any atom is 0.230 e. The van der Waals surface area contributed by atoms with E-state index in [4.69, 9.17) is 9.84 Å². The molecule has 0 bridgehead atoms. The van der Waals surface area contributed by atoms with E-state index < -0.39 is 0 Å². The summed E-state index contributed by atoms with van der Waals surface area (Å²) in [5.41, 5.74) is 2.12. The second-order valence-electron chi connectivity index (χ2n) is 9.35. The minimum atomic E-state index is 0.0602. The van der Waals surface area contributed by atoms with Crippen molar-refractivity contribution in [1.29, 1.82) is 0 Å². The van der Waals surface area contributed by atoms with Crippen molar-refractivity contribution < 1.29 is 9.53 Å². The van der Waals surface area contributed by atoms with Crippen LogP contribution in [0.5, 0.6) is 5.75 Å². The molecule has 3 fully saturated rings. The molecule has 0 aromatic heterocycles. The van der Waals surface area contributed by atoms with Crippen LogP contribution in [0.2, 0.25) is 0 Å². The maximum atomic E-state index is 11.4. The average molecular weight is 398 g/mol. The zero-order chi connectivity index (χ0) is 20.4. The smallest absolute Gasteiger partial charge is 0.230 e. The van der Waals surface area contributed by atoms with Gasteiger partial charge in [-0.1, -0.05) is 13.3 Å². The van der Waals surface area contributed by atoms with Crippen molar-refractivity contribution in [2.24, 2.45) is 16.9 Å². The molecule has 1 aromatic carbocycles. The molecule has 1 heterocycles. The molecule has 1 saturated heterocycles. The fourth-order valence-electron chi connectivity index (χ4n) is 4.44. The number of ether oxygens (including phenoxy) is 1. The van der Waals surface area contributed by atoms with Crippen LogP contribution >= 0.6 is 0 Å². The Morgan fingerprint density at radius 3 is 2.31 bits per heavy atom. The van der Waals surface area contributed by atoms with Crippen LogP contribution < -0.4 is 4.74 Å². The van der Waals surface area contributed by atoms with Gasteiger partial charge in [-0.2, -0.15) is 5.10 Å². The van der Waals surface area contributed by atoms with Gasteiger partial charge in [-0.25, -0.2) is 5.01 Å². The molecule has 0 spiro atoms. The molecule has 1 aliphatic heterocycles. The van der Waals surface area contributed by atoms with Crippen LogP contribution in [-0.2, 0) is 4.79 Å². The van der Waals surface area contributed by atoms with Gasteiger partial charge in [0.2, 0.25) is 6.41 Å². The molecule has 158 valence electrons. The van der Waals surface area contributed by atoms with E-state index in [1.165, 1.54) is 37.4 Å². The Bertz CT molecular complexity index is 718. The van der Waals surface area contributed by atoms with E-state index >= 15 is 0 Å². The Hall–Kier alpha value is -1.88. The lowest BCUT2D eigenvalue weighted by atomic mass is 9.90. The van der Waals surface area contributed by atoms with Gasteiger partial charge in [0.25, 0.3) is 0 Å². The lowest BCUT2D eigenvalue weighted by Crippen LogP contribution is -2.46. The van der Waals surface area contributed by atoms with Gasteiger partial charge in [-0.15, -0.1) is 0 Å². The zero-order valence-corrected chi connectivity index (χ0v) is 18.1. The highest BCUT2D eigenvalue weighted by atomic mass is 16.5. The van der Waals surface area contributed by atoms with Crippen molar-refractivity contribution >= 4 is 12.1 Å². The van der Waals surface area contributed by atoms with Crippen LogP contribution in [0.3, 0.4) is 0 Å². The topological polar surface area (TPSA) is 45.1 Å². The fraction of sp³-hybridized carbons (Fsp3) is 0.667. The summed E-state index contributed by atoms with van der Waals surface area (Å²) >= 11 is 0. The van der Waals surface area contributed by atoms with Crippen molar-refractivity contribution in [1.82, 2.24) is 9.91 Å². The van der Waals surface area contributed by atoms with E-state index in [2.05, 4.69) is 36.1 Å². The fourth-order valence-corrected chi connectivity index (χ4v) is 4.44. The van der Waals surface area contributed by atoms with Crippen LogP contribution in [0.1, 0.15) is 64.9 Å². The predicted molar refractivity (Wildman–Crippen MR) is 116 cm³/mol. The number of likely N-dealkylation sites (tertiary alicyclic amines) is 1. The summed E-state index contributed by atoms with van der Waals surface area (Å²) < 4.78 is 6.27. The second kappa shape index (κ2) is 8.86. The van der Waals surface area contributed by atoms with E-state index in [9.17, 15) is 4.79 Å². The van der Waals surface area contributed by atoms with Crippen LogP contribution in [0.4, 0.5) is 0 Å². The van der Waals surface area contributed by atoms with E-state index in [0.717, 1.165) is 48.7 Å². The molecule has 5 heteroatoms. The van der Waals surface area contributed by atoms with Gasteiger partial charge in [-0.05, 0) is 81.7 Å². The highest BCUT2D eigenvalue weighted by Crippen LogP contribution is 2.41. The Labute approximate surface area is 175 Å². The highest BCUT2D eigenvalue weighted by molar-refractivity contribution is 6.04. The third kappa shape index (κ3) is 4.82. The predicted octanol–water partition coefficient (Wildman–Crippen LogP) is 4.31. The number of hydrazone groups is 1. The first-order valence-electron chi connectivity index (χ1n) is 11.4. The Balaban J connectivity index is 1.38. The molecule has 1 aromatic rings. The van der Waals surface area contributed by atoms with Gasteiger partial charge in [0.15, 0.2) is 0 Å². The van der Waals surface area contributed by atoms with Crippen molar-refractivity contribution in [2.45, 2.75) is 77.5 Å². The third-order valence-corrected chi connectivity index (χ3v) is 6.84. The molecule has 1 amide bonds. The maximum absolute atomic E-state index is 11.4. The molecule has 2 atom stereocenters. The molecule has 5 nitrogen and oxygen atoms in total. The number of rotatable bonds is 8. The molecule has 0 N–H and O–H groups in total. The average Bonchev–Trinajstić information content (AvgIpc) is 3.39. The molecule has 2 saturated carbocycles. The molecule has 2 aliphatic carbocycles. The molecule has 4 rings (SSSR count). The van der Waals surface area contributed by atoms with E-state index in [1.807, 2.05) is 13.8 Å². The Morgan fingerprint density at radius 1 is 1.17 bits per heavy atom. The quantitative estimate of drug-likeness (QED) is 0.373. The van der Waals surface area contributed by atoms with Gasteiger partial charge < -0.3 is 9.64 Å². The number of piperidine rings is 1. The van der Waals surface area contributed by atoms with Gasteiger partial charge >= 0.3 is 0 Å². The first-order valence-corrected chi connectivity index (χ1v) is 11.4. The number of carbonyl (C=O) groups excluding carboxylic acids is 1. The molecular weight excluding hydrogens is 362 g/mol. The van der Waals surface area contributed by atoms with Crippen molar-refractivity contribution in [3.8, 4) is 5.75 Å². The zero-order valence-electron chi connectivity index (χ0n) is 18.1. The summed E-state index contributed by atoms with van der Waals surface area (Å²) in [4.78, 5) is 14.0. The number of hydrogen-bond donors (Lipinski definition) is 0. The standard InChI is InChI=1S/C24H35N3O2/c1-17(2)27(16-28)25-24(23-15-18(23)3)19-7-9-21(10-8-19)29-22-11-13-26(14-12-22)20-5-4-6-20/h7-10,16-18,20,22-23H,4-6,11-15H2,1-3H3/b25-24-. The SMILES string of the molecule is CC1CC1/C(=N\N(C=O)C(C)C)c1ccc(OC2CCN(C3CCC3)CC2)cc1. The van der Waals surface area contributed by atoms with Crippen molar-refractivity contribution in [2.75, 3.05) is 13.1 Å². The normalized spacial score (nSPS) is 26.3. The Morgan fingerprint density at radius 2 is 1.83 bits per heavy atom. The molecule has 29 heavy (non-hydrogen) atoms. The second-order valence-corrected chi connectivity index (χ2v) is 9.35. The van der Waals surface area contributed by atoms with E-state index in [-0.39, 0.29) is 6.04 Å². The number of carbonyl (C=O) groups is 1. The van der Waals surface area contributed by atoms with Crippen LogP contribution in [0, 0.1) is 11.8 Å². The van der Waals surface area contributed by atoms with Gasteiger partial charge in [-0.3, -0.25) is 4.79 Å². The lowest BCUT2D eigenvalue weighted by molar-refractivity contribution is -0.119.